The van der Waals surface area contributed by atoms with E-state index in [0.717, 1.165) is 18.6 Å². The SMILES string of the molecule is CCS[C@@H]1O[C@@H](C)[C@H](O)[C@H]2OC3(CCCCC3(OC)OC)O[C@H]21. The van der Waals surface area contributed by atoms with E-state index in [0.29, 0.717) is 12.8 Å². The number of rotatable bonds is 4. The fraction of sp³-hybridized carbons (Fsp3) is 1.00. The molecule has 0 aromatic carbocycles. The van der Waals surface area contributed by atoms with Crippen LogP contribution in [0.4, 0.5) is 0 Å². The topological polar surface area (TPSA) is 66.4 Å². The number of fused-ring (bicyclic) bond motifs is 1. The first-order valence-corrected chi connectivity index (χ1v) is 9.48. The summed E-state index contributed by atoms with van der Waals surface area (Å²) >= 11 is 1.68. The van der Waals surface area contributed by atoms with Crippen molar-refractivity contribution in [3.8, 4) is 0 Å². The number of aliphatic hydroxyl groups excluding tert-OH is 1. The van der Waals surface area contributed by atoms with Crippen molar-refractivity contribution >= 4 is 11.8 Å². The molecule has 1 unspecified atom stereocenters. The zero-order valence-corrected chi connectivity index (χ0v) is 15.1. The lowest BCUT2D eigenvalue weighted by Gasteiger charge is -2.47. The highest BCUT2D eigenvalue weighted by Gasteiger charge is 2.66. The Morgan fingerprint density at radius 3 is 2.43 bits per heavy atom. The van der Waals surface area contributed by atoms with E-state index < -0.39 is 23.8 Å². The maximum atomic E-state index is 10.5. The summed E-state index contributed by atoms with van der Waals surface area (Å²) in [7, 11) is 3.25. The Balaban J connectivity index is 1.91. The minimum Gasteiger partial charge on any atom is -0.388 e. The molecule has 0 aromatic rings. The summed E-state index contributed by atoms with van der Waals surface area (Å²) in [6.45, 7) is 3.96. The van der Waals surface area contributed by atoms with Gasteiger partial charge in [-0.25, -0.2) is 0 Å². The van der Waals surface area contributed by atoms with Crippen molar-refractivity contribution in [2.45, 2.75) is 81.0 Å². The number of methoxy groups -OCH3 is 2. The van der Waals surface area contributed by atoms with Crippen molar-refractivity contribution in [3.63, 3.8) is 0 Å². The molecular formula is C16H28O6S. The second-order valence-electron chi connectivity index (χ2n) is 6.44. The largest absolute Gasteiger partial charge is 0.388 e. The molecule has 0 amide bonds. The van der Waals surface area contributed by atoms with E-state index in [-0.39, 0.29) is 17.6 Å². The summed E-state index contributed by atoms with van der Waals surface area (Å²) in [5, 5.41) is 10.5. The van der Waals surface area contributed by atoms with E-state index in [2.05, 4.69) is 6.92 Å². The minimum atomic E-state index is -0.981. The van der Waals surface area contributed by atoms with Crippen LogP contribution >= 0.6 is 11.8 Å². The first kappa shape index (κ1) is 17.9. The zero-order chi connectivity index (χ0) is 16.7. The molecule has 3 fully saturated rings. The smallest absolute Gasteiger partial charge is 0.224 e. The Bertz CT molecular complexity index is 417. The molecule has 23 heavy (non-hydrogen) atoms. The van der Waals surface area contributed by atoms with Crippen molar-refractivity contribution in [3.05, 3.63) is 0 Å². The number of hydrogen-bond acceptors (Lipinski definition) is 7. The summed E-state index contributed by atoms with van der Waals surface area (Å²) in [6.07, 6.45) is 1.60. The quantitative estimate of drug-likeness (QED) is 0.778. The second-order valence-corrected chi connectivity index (χ2v) is 7.82. The Kier molecular flexibility index (Phi) is 5.28. The van der Waals surface area contributed by atoms with Crippen LogP contribution in [0.1, 0.15) is 39.5 Å². The van der Waals surface area contributed by atoms with Crippen LogP contribution in [0, 0.1) is 0 Å². The lowest BCUT2D eigenvalue weighted by Crippen LogP contribution is -2.60. The van der Waals surface area contributed by atoms with Gasteiger partial charge in [0.1, 0.15) is 23.7 Å². The van der Waals surface area contributed by atoms with Crippen LogP contribution in [0.5, 0.6) is 0 Å². The van der Waals surface area contributed by atoms with Gasteiger partial charge in [0.05, 0.1) is 6.10 Å². The molecule has 0 radical (unpaired) electrons. The van der Waals surface area contributed by atoms with Crippen LogP contribution in [-0.4, -0.2) is 66.5 Å². The molecule has 6 atom stereocenters. The van der Waals surface area contributed by atoms with Gasteiger partial charge in [0.15, 0.2) is 0 Å². The summed E-state index contributed by atoms with van der Waals surface area (Å²) in [4.78, 5) is 0. The van der Waals surface area contributed by atoms with Gasteiger partial charge < -0.3 is 28.8 Å². The molecule has 3 rings (SSSR count). The molecule has 3 aliphatic rings. The van der Waals surface area contributed by atoms with Crippen LogP contribution < -0.4 is 0 Å². The number of aliphatic hydroxyl groups is 1. The van der Waals surface area contributed by atoms with Crippen LogP contribution in [0.25, 0.3) is 0 Å². The van der Waals surface area contributed by atoms with E-state index in [4.69, 9.17) is 23.7 Å². The summed E-state index contributed by atoms with van der Waals surface area (Å²) < 4.78 is 30.1. The third-order valence-electron chi connectivity index (χ3n) is 5.24. The Morgan fingerprint density at radius 2 is 1.78 bits per heavy atom. The Morgan fingerprint density at radius 1 is 1.13 bits per heavy atom. The summed E-state index contributed by atoms with van der Waals surface area (Å²) in [5.41, 5.74) is -0.156. The first-order chi connectivity index (χ1) is 11.0. The molecular weight excluding hydrogens is 320 g/mol. The van der Waals surface area contributed by atoms with Crippen LogP contribution in [-0.2, 0) is 23.7 Å². The molecule has 0 bridgehead atoms. The molecule has 1 saturated carbocycles. The molecule has 1 aliphatic carbocycles. The molecule has 2 heterocycles. The second kappa shape index (κ2) is 6.78. The van der Waals surface area contributed by atoms with E-state index in [9.17, 15) is 5.11 Å². The van der Waals surface area contributed by atoms with Crippen LogP contribution in [0.3, 0.4) is 0 Å². The fourth-order valence-electron chi connectivity index (χ4n) is 4.00. The third-order valence-corrected chi connectivity index (χ3v) is 6.29. The van der Waals surface area contributed by atoms with Gasteiger partial charge in [-0.3, -0.25) is 0 Å². The van der Waals surface area contributed by atoms with E-state index in [1.807, 2.05) is 6.92 Å². The predicted octanol–water partition coefficient (Wildman–Crippen LogP) is 1.89. The minimum absolute atomic E-state index is 0.156. The highest BCUT2D eigenvalue weighted by atomic mass is 32.2. The summed E-state index contributed by atoms with van der Waals surface area (Å²) in [5.74, 6) is -1.01. The van der Waals surface area contributed by atoms with Crippen molar-refractivity contribution < 1.29 is 28.8 Å². The van der Waals surface area contributed by atoms with Gasteiger partial charge >= 0.3 is 0 Å². The van der Waals surface area contributed by atoms with Gasteiger partial charge in [-0.1, -0.05) is 6.92 Å². The molecule has 0 aromatic heterocycles. The van der Waals surface area contributed by atoms with E-state index in [1.165, 1.54) is 0 Å². The normalized spacial score (nSPS) is 46.0. The molecule has 6 nitrogen and oxygen atoms in total. The van der Waals surface area contributed by atoms with Gasteiger partial charge in [0.2, 0.25) is 11.6 Å². The average Bonchev–Trinajstić information content (AvgIpc) is 2.94. The molecule has 7 heteroatoms. The third kappa shape index (κ3) is 2.74. The molecule has 2 aliphatic heterocycles. The van der Waals surface area contributed by atoms with Crippen molar-refractivity contribution in [2.24, 2.45) is 0 Å². The standard InChI is InChI=1S/C16H28O6S/c1-5-23-14-13-12(11(17)10(2)20-14)21-16(22-13)9-7-6-8-15(16,18-3)19-4/h10-14,17H,5-9H2,1-4H3/t10-,11-,12+,13+,14-,16?/m0/s1. The van der Waals surface area contributed by atoms with Crippen LogP contribution in [0.2, 0.25) is 0 Å². The lowest BCUT2D eigenvalue weighted by molar-refractivity contribution is -0.388. The maximum absolute atomic E-state index is 10.5. The van der Waals surface area contributed by atoms with Gasteiger partial charge in [-0.05, 0) is 25.5 Å². The van der Waals surface area contributed by atoms with Crippen LogP contribution in [0.15, 0.2) is 0 Å². The highest BCUT2D eigenvalue weighted by molar-refractivity contribution is 7.99. The Hall–Kier alpha value is 0.110. The van der Waals surface area contributed by atoms with Gasteiger partial charge in [0.25, 0.3) is 0 Å². The molecule has 2 saturated heterocycles. The first-order valence-electron chi connectivity index (χ1n) is 8.43. The van der Waals surface area contributed by atoms with Gasteiger partial charge in [-0.2, -0.15) is 0 Å². The molecule has 134 valence electrons. The number of hydrogen-bond donors (Lipinski definition) is 1. The highest BCUT2D eigenvalue weighted by Crippen LogP contribution is 2.52. The lowest BCUT2D eigenvalue weighted by atomic mass is 9.87. The average molecular weight is 348 g/mol. The van der Waals surface area contributed by atoms with E-state index in [1.54, 1.807) is 26.0 Å². The van der Waals surface area contributed by atoms with Crippen molar-refractivity contribution in [1.82, 2.24) is 0 Å². The maximum Gasteiger partial charge on any atom is 0.224 e. The van der Waals surface area contributed by atoms with Gasteiger partial charge in [-0.15, -0.1) is 11.8 Å². The number of thioether (sulfide) groups is 1. The monoisotopic (exact) mass is 348 g/mol. The summed E-state index contributed by atoms with van der Waals surface area (Å²) in [6, 6.07) is 0. The Labute approximate surface area is 142 Å². The predicted molar refractivity (Wildman–Crippen MR) is 86.2 cm³/mol. The molecule has 1 N–H and O–H groups in total. The zero-order valence-electron chi connectivity index (χ0n) is 14.3. The van der Waals surface area contributed by atoms with Crippen molar-refractivity contribution in [1.29, 1.82) is 0 Å². The fourth-order valence-corrected chi connectivity index (χ4v) is 4.99. The van der Waals surface area contributed by atoms with Gasteiger partial charge in [0, 0.05) is 27.1 Å². The van der Waals surface area contributed by atoms with Crippen molar-refractivity contribution in [2.75, 3.05) is 20.0 Å². The van der Waals surface area contributed by atoms with E-state index >= 15 is 0 Å². The molecule has 1 spiro atoms. The number of ether oxygens (including phenoxy) is 5.